The van der Waals surface area contributed by atoms with Gasteiger partial charge in [-0.05, 0) is 6.07 Å². The van der Waals surface area contributed by atoms with Crippen LogP contribution < -0.4 is 4.90 Å². The monoisotopic (exact) mass is 299 g/mol. The van der Waals surface area contributed by atoms with Gasteiger partial charge < -0.3 is 9.64 Å². The van der Waals surface area contributed by atoms with Crippen molar-refractivity contribution in [1.29, 1.82) is 0 Å². The normalized spacial score (nSPS) is 18.7. The third-order valence-electron chi connectivity index (χ3n) is 2.71. The van der Waals surface area contributed by atoms with E-state index in [-0.39, 0.29) is 16.3 Å². The fourth-order valence-corrected chi connectivity index (χ4v) is 3.64. The predicted molar refractivity (Wildman–Crippen MR) is 74.7 cm³/mol. The van der Waals surface area contributed by atoms with Gasteiger partial charge in [0.15, 0.2) is 5.12 Å². The number of methoxy groups -OCH3 is 1. The van der Waals surface area contributed by atoms with E-state index in [9.17, 15) is 14.4 Å². The van der Waals surface area contributed by atoms with Crippen LogP contribution in [-0.2, 0) is 14.3 Å². The first-order valence-electron chi connectivity index (χ1n) is 5.65. The van der Waals surface area contributed by atoms with E-state index in [1.807, 2.05) is 0 Å². The molecule has 0 bridgehead atoms. The van der Waals surface area contributed by atoms with Gasteiger partial charge in [-0.25, -0.2) is 4.79 Å². The summed E-state index contributed by atoms with van der Waals surface area (Å²) in [5.41, 5.74) is 0.696. The van der Waals surface area contributed by atoms with Gasteiger partial charge in [-0.2, -0.15) is 0 Å². The molecule has 1 aromatic heterocycles. The van der Waals surface area contributed by atoms with Crippen LogP contribution in [0.1, 0.15) is 23.0 Å². The van der Waals surface area contributed by atoms with Crippen LogP contribution in [0, 0.1) is 0 Å². The Kier molecular flexibility index (Phi) is 4.26. The number of hydrogen-bond donors (Lipinski definition) is 0. The minimum Gasteiger partial charge on any atom is -0.465 e. The number of rotatable bonds is 3. The number of thioether (sulfide) groups is 1. The van der Waals surface area contributed by atoms with Crippen molar-refractivity contribution in [2.75, 3.05) is 18.6 Å². The summed E-state index contributed by atoms with van der Waals surface area (Å²) in [6, 6.07) is 1.65. The molecule has 0 N–H and O–H groups in total. The molecule has 19 heavy (non-hydrogen) atoms. The molecule has 1 aliphatic rings. The molecular formula is C12H13NO4S2. The Bertz CT molecular complexity index is 526. The summed E-state index contributed by atoms with van der Waals surface area (Å²) in [6.45, 7) is 2.00. The number of thiophene rings is 1. The Hall–Kier alpha value is -1.34. The Morgan fingerprint density at radius 3 is 2.89 bits per heavy atom. The Labute approximate surface area is 118 Å². The number of carbonyl (C=O) groups is 3. The van der Waals surface area contributed by atoms with E-state index in [0.29, 0.717) is 23.5 Å². The van der Waals surface area contributed by atoms with Crippen LogP contribution in [0.4, 0.5) is 5.69 Å². The Balaban J connectivity index is 2.10. The van der Waals surface area contributed by atoms with Crippen molar-refractivity contribution in [2.45, 2.75) is 18.6 Å². The summed E-state index contributed by atoms with van der Waals surface area (Å²) in [7, 11) is 1.32. The summed E-state index contributed by atoms with van der Waals surface area (Å²) < 4.78 is 4.63. The van der Waals surface area contributed by atoms with E-state index in [4.69, 9.17) is 0 Å². The second-order valence-electron chi connectivity index (χ2n) is 4.10. The molecule has 0 radical (unpaired) electrons. The highest BCUT2D eigenvalue weighted by molar-refractivity contribution is 8.14. The van der Waals surface area contributed by atoms with Crippen molar-refractivity contribution in [2.24, 2.45) is 0 Å². The van der Waals surface area contributed by atoms with Crippen LogP contribution in [0.3, 0.4) is 0 Å². The summed E-state index contributed by atoms with van der Waals surface area (Å²) in [6.07, 6.45) is 0.355. The van der Waals surface area contributed by atoms with Crippen LogP contribution in [0.25, 0.3) is 0 Å². The highest BCUT2D eigenvalue weighted by Crippen LogP contribution is 2.31. The number of anilines is 1. The smallest absolute Gasteiger partial charge is 0.348 e. The van der Waals surface area contributed by atoms with Gasteiger partial charge in [0.25, 0.3) is 0 Å². The quantitative estimate of drug-likeness (QED) is 0.798. The third-order valence-corrected chi connectivity index (χ3v) is 4.58. The van der Waals surface area contributed by atoms with Gasteiger partial charge in [-0.15, -0.1) is 11.3 Å². The number of amides is 1. The molecule has 0 saturated carbocycles. The SMILES string of the molecule is COC(=O)c1cc(N2CC(SC(C)=O)CC2=O)cs1. The minimum absolute atomic E-state index is 0.00789. The average molecular weight is 299 g/mol. The zero-order chi connectivity index (χ0) is 14.0. The molecule has 1 unspecified atom stereocenters. The molecule has 0 spiro atoms. The molecule has 102 valence electrons. The van der Waals surface area contributed by atoms with E-state index < -0.39 is 5.97 Å². The summed E-state index contributed by atoms with van der Waals surface area (Å²) in [5.74, 6) is -0.425. The van der Waals surface area contributed by atoms with Crippen molar-refractivity contribution < 1.29 is 19.1 Å². The lowest BCUT2D eigenvalue weighted by Crippen LogP contribution is -2.24. The lowest BCUT2D eigenvalue weighted by molar-refractivity contribution is -0.117. The standard InChI is InChI=1S/C12H13NO4S2/c1-7(14)19-9-4-11(15)13(5-9)8-3-10(18-6-8)12(16)17-2/h3,6,9H,4-5H2,1-2H3. The van der Waals surface area contributed by atoms with Gasteiger partial charge in [-0.1, -0.05) is 11.8 Å². The van der Waals surface area contributed by atoms with Crippen LogP contribution in [0.15, 0.2) is 11.4 Å². The number of ether oxygens (including phenoxy) is 1. The van der Waals surface area contributed by atoms with Gasteiger partial charge >= 0.3 is 5.97 Å². The van der Waals surface area contributed by atoms with E-state index in [2.05, 4.69) is 4.74 Å². The van der Waals surface area contributed by atoms with Crippen LogP contribution in [0.5, 0.6) is 0 Å². The molecule has 1 atom stereocenters. The second kappa shape index (κ2) is 5.75. The molecule has 2 heterocycles. The van der Waals surface area contributed by atoms with Gasteiger partial charge in [-0.3, -0.25) is 9.59 Å². The first kappa shape index (κ1) is 14.1. The van der Waals surface area contributed by atoms with Crippen molar-refractivity contribution in [3.63, 3.8) is 0 Å². The molecule has 2 rings (SSSR count). The maximum atomic E-state index is 11.9. The molecule has 7 heteroatoms. The highest BCUT2D eigenvalue weighted by atomic mass is 32.2. The van der Waals surface area contributed by atoms with Crippen molar-refractivity contribution in [3.8, 4) is 0 Å². The number of esters is 1. The fourth-order valence-electron chi connectivity index (χ4n) is 1.91. The van der Waals surface area contributed by atoms with Gasteiger partial charge in [0.2, 0.25) is 5.91 Å². The summed E-state index contributed by atoms with van der Waals surface area (Å²) >= 11 is 2.44. The second-order valence-corrected chi connectivity index (χ2v) is 6.49. The molecule has 5 nitrogen and oxygen atoms in total. The maximum Gasteiger partial charge on any atom is 0.348 e. The van der Waals surface area contributed by atoms with E-state index in [1.165, 1.54) is 37.1 Å². The first-order valence-corrected chi connectivity index (χ1v) is 7.41. The molecule has 1 aromatic rings. The molecule has 1 amide bonds. The van der Waals surface area contributed by atoms with Crippen molar-refractivity contribution >= 4 is 45.8 Å². The third kappa shape index (κ3) is 3.16. The summed E-state index contributed by atoms with van der Waals surface area (Å²) in [4.78, 5) is 36.4. The predicted octanol–water partition coefficient (Wildman–Crippen LogP) is 1.92. The molecule has 0 aromatic carbocycles. The zero-order valence-electron chi connectivity index (χ0n) is 10.5. The number of hydrogen-bond acceptors (Lipinski definition) is 6. The topological polar surface area (TPSA) is 63.7 Å². The summed E-state index contributed by atoms with van der Waals surface area (Å²) in [5, 5.41) is 1.76. The lowest BCUT2D eigenvalue weighted by Gasteiger charge is -2.13. The molecule has 1 aliphatic heterocycles. The van der Waals surface area contributed by atoms with E-state index >= 15 is 0 Å². The lowest BCUT2D eigenvalue weighted by atomic mass is 10.4. The van der Waals surface area contributed by atoms with Crippen molar-refractivity contribution in [3.05, 3.63) is 16.3 Å². The first-order chi connectivity index (χ1) is 9.01. The van der Waals surface area contributed by atoms with Crippen molar-refractivity contribution in [1.82, 2.24) is 0 Å². The van der Waals surface area contributed by atoms with Gasteiger partial charge in [0.1, 0.15) is 4.88 Å². The Morgan fingerprint density at radius 1 is 1.53 bits per heavy atom. The van der Waals surface area contributed by atoms with E-state index in [0.717, 1.165) is 0 Å². The number of nitrogens with zero attached hydrogens (tertiary/aromatic N) is 1. The molecular weight excluding hydrogens is 286 g/mol. The molecule has 0 aliphatic carbocycles. The average Bonchev–Trinajstić information content (AvgIpc) is 2.94. The number of carbonyl (C=O) groups excluding carboxylic acids is 3. The largest absolute Gasteiger partial charge is 0.465 e. The van der Waals surface area contributed by atoms with Crippen LogP contribution in [0.2, 0.25) is 0 Å². The Morgan fingerprint density at radius 2 is 2.26 bits per heavy atom. The van der Waals surface area contributed by atoms with Crippen LogP contribution >= 0.6 is 23.1 Å². The fraction of sp³-hybridized carbons (Fsp3) is 0.417. The minimum atomic E-state index is -0.405. The van der Waals surface area contributed by atoms with Crippen LogP contribution in [-0.4, -0.2) is 35.9 Å². The molecule has 1 fully saturated rings. The maximum absolute atomic E-state index is 11.9. The van der Waals surface area contributed by atoms with E-state index in [1.54, 1.807) is 16.3 Å². The van der Waals surface area contributed by atoms with Gasteiger partial charge in [0, 0.05) is 30.5 Å². The zero-order valence-corrected chi connectivity index (χ0v) is 12.2. The molecule has 1 saturated heterocycles. The van der Waals surface area contributed by atoms with Gasteiger partial charge in [0.05, 0.1) is 12.8 Å². The highest BCUT2D eigenvalue weighted by Gasteiger charge is 2.32.